The fourth-order valence-electron chi connectivity index (χ4n) is 1.46. The molecule has 6 heteroatoms. The molecule has 104 valence electrons. The van der Waals surface area contributed by atoms with E-state index in [0.717, 1.165) is 5.56 Å². The van der Waals surface area contributed by atoms with Crippen LogP contribution in [0.4, 0.5) is 0 Å². The van der Waals surface area contributed by atoms with Gasteiger partial charge in [0.05, 0.1) is 0 Å². The zero-order valence-electron chi connectivity index (χ0n) is 11.5. The molecule has 4 N–H and O–H groups in total. The number of hydrogen-bond donors (Lipinski definition) is 2. The Hall–Kier alpha value is -1.75. The quantitative estimate of drug-likeness (QED) is 0.655. The number of aliphatic imine (C=N–C) groups is 2. The maximum absolute atomic E-state index is 6.09. The molecule has 1 rings (SSSR count). The van der Waals surface area contributed by atoms with E-state index in [-0.39, 0.29) is 12.0 Å². The van der Waals surface area contributed by atoms with Gasteiger partial charge in [-0.1, -0.05) is 29.8 Å². The van der Waals surface area contributed by atoms with Crippen molar-refractivity contribution in [2.24, 2.45) is 21.5 Å². The van der Waals surface area contributed by atoms with E-state index in [1.54, 1.807) is 4.90 Å². The van der Waals surface area contributed by atoms with Crippen molar-refractivity contribution in [3.63, 3.8) is 0 Å². The first-order valence-electron chi connectivity index (χ1n) is 6.02. The van der Waals surface area contributed by atoms with Crippen molar-refractivity contribution in [3.8, 4) is 0 Å². The van der Waals surface area contributed by atoms with Gasteiger partial charge in [-0.25, -0.2) is 4.99 Å². The Bertz CT molecular complexity index is 482. The third-order valence-electron chi connectivity index (χ3n) is 2.38. The summed E-state index contributed by atoms with van der Waals surface area (Å²) in [5, 5.41) is 0.700. The van der Waals surface area contributed by atoms with Gasteiger partial charge in [0, 0.05) is 24.7 Å². The summed E-state index contributed by atoms with van der Waals surface area (Å²) in [7, 11) is 1.82. The number of benzene rings is 1. The minimum atomic E-state index is 0.0884. The fourth-order valence-corrected chi connectivity index (χ4v) is 1.65. The van der Waals surface area contributed by atoms with Crippen molar-refractivity contribution in [2.75, 3.05) is 7.05 Å². The van der Waals surface area contributed by atoms with E-state index >= 15 is 0 Å². The van der Waals surface area contributed by atoms with Crippen LogP contribution < -0.4 is 11.5 Å². The summed E-state index contributed by atoms with van der Waals surface area (Å²) >= 11 is 6.09. The molecule has 0 atom stereocenters. The first-order valence-corrected chi connectivity index (χ1v) is 6.40. The van der Waals surface area contributed by atoms with Crippen LogP contribution in [0.1, 0.15) is 19.4 Å². The van der Waals surface area contributed by atoms with Crippen LogP contribution in [0.15, 0.2) is 34.3 Å². The van der Waals surface area contributed by atoms with Crippen LogP contribution in [0.5, 0.6) is 0 Å². The molecule has 0 spiro atoms. The molecule has 0 saturated heterocycles. The Balaban J connectivity index is 2.75. The Morgan fingerprint density at radius 1 is 1.32 bits per heavy atom. The molecule has 0 aliphatic rings. The number of guanidine groups is 2. The number of nitrogens with zero attached hydrogens (tertiary/aromatic N) is 3. The third-order valence-corrected chi connectivity index (χ3v) is 2.74. The van der Waals surface area contributed by atoms with E-state index in [2.05, 4.69) is 9.98 Å². The smallest absolute Gasteiger partial charge is 0.218 e. The monoisotopic (exact) mass is 281 g/mol. The number of nitrogens with two attached hydrogens (primary N) is 2. The van der Waals surface area contributed by atoms with Crippen LogP contribution in [0, 0.1) is 0 Å². The van der Waals surface area contributed by atoms with E-state index in [1.165, 1.54) is 0 Å². The highest BCUT2D eigenvalue weighted by atomic mass is 35.5. The summed E-state index contributed by atoms with van der Waals surface area (Å²) in [5.74, 6) is 0.486. The molecule has 5 nitrogen and oxygen atoms in total. The lowest BCUT2D eigenvalue weighted by Gasteiger charge is -2.18. The molecule has 0 amide bonds. The number of hydrogen-bond acceptors (Lipinski definition) is 1. The molecule has 0 unspecified atom stereocenters. The van der Waals surface area contributed by atoms with Gasteiger partial charge >= 0.3 is 0 Å². The van der Waals surface area contributed by atoms with Gasteiger partial charge in [-0.05, 0) is 25.5 Å². The first-order chi connectivity index (χ1) is 8.90. The van der Waals surface area contributed by atoms with E-state index in [1.807, 2.05) is 45.2 Å². The maximum Gasteiger partial charge on any atom is 0.218 e. The largest absolute Gasteiger partial charge is 0.369 e. The van der Waals surface area contributed by atoms with Crippen molar-refractivity contribution < 1.29 is 0 Å². The molecule has 0 heterocycles. The zero-order chi connectivity index (χ0) is 14.4. The molecule has 0 aromatic heterocycles. The topological polar surface area (TPSA) is 80.0 Å². The average Bonchev–Trinajstić information content (AvgIpc) is 2.30. The van der Waals surface area contributed by atoms with Gasteiger partial charge in [0.25, 0.3) is 0 Å². The van der Waals surface area contributed by atoms with Crippen molar-refractivity contribution in [1.29, 1.82) is 0 Å². The Morgan fingerprint density at radius 3 is 2.53 bits per heavy atom. The van der Waals surface area contributed by atoms with Crippen LogP contribution >= 0.6 is 11.6 Å². The third kappa shape index (κ3) is 5.18. The van der Waals surface area contributed by atoms with Crippen LogP contribution in [-0.2, 0) is 6.54 Å². The molecule has 0 bridgehead atoms. The molecule has 0 fully saturated rings. The van der Waals surface area contributed by atoms with Crippen LogP contribution in [-0.4, -0.2) is 29.9 Å². The molecule has 0 aliphatic carbocycles. The first kappa shape index (κ1) is 15.3. The second kappa shape index (κ2) is 6.99. The molecule has 0 aliphatic heterocycles. The minimum Gasteiger partial charge on any atom is -0.369 e. The van der Waals surface area contributed by atoms with Gasteiger partial charge in [0.2, 0.25) is 5.96 Å². The van der Waals surface area contributed by atoms with Gasteiger partial charge < -0.3 is 16.4 Å². The molecule has 0 radical (unpaired) electrons. The predicted octanol–water partition coefficient (Wildman–Crippen LogP) is 1.81. The van der Waals surface area contributed by atoms with Gasteiger partial charge in [0.15, 0.2) is 5.96 Å². The highest BCUT2D eigenvalue weighted by Crippen LogP contribution is 2.16. The molecule has 1 aromatic carbocycles. The Morgan fingerprint density at radius 2 is 1.95 bits per heavy atom. The maximum atomic E-state index is 6.09. The normalized spacial score (nSPS) is 12.9. The summed E-state index contributed by atoms with van der Waals surface area (Å²) < 4.78 is 0. The van der Waals surface area contributed by atoms with E-state index in [4.69, 9.17) is 23.1 Å². The van der Waals surface area contributed by atoms with E-state index < -0.39 is 0 Å². The molecular weight excluding hydrogens is 262 g/mol. The van der Waals surface area contributed by atoms with Gasteiger partial charge in [-0.15, -0.1) is 0 Å². The van der Waals surface area contributed by atoms with Crippen molar-refractivity contribution in [3.05, 3.63) is 34.9 Å². The lowest BCUT2D eigenvalue weighted by Crippen LogP contribution is -2.35. The molecule has 0 saturated carbocycles. The summed E-state index contributed by atoms with van der Waals surface area (Å²) in [4.78, 5) is 9.91. The fraction of sp³-hybridized carbons (Fsp3) is 0.385. The van der Waals surface area contributed by atoms with E-state index in [0.29, 0.717) is 17.5 Å². The summed E-state index contributed by atoms with van der Waals surface area (Å²) in [6.07, 6.45) is 0. The summed E-state index contributed by atoms with van der Waals surface area (Å²) in [6, 6.07) is 7.68. The second-order valence-corrected chi connectivity index (χ2v) is 4.91. The molecular formula is C13H20ClN5. The van der Waals surface area contributed by atoms with Gasteiger partial charge in [-0.3, -0.25) is 0 Å². The highest BCUT2D eigenvalue weighted by Gasteiger charge is 2.06. The average molecular weight is 282 g/mol. The van der Waals surface area contributed by atoms with Gasteiger partial charge in [-0.2, -0.15) is 4.99 Å². The standard InChI is InChI=1S/C13H20ClN5/c1-9(2)17-12(15)18-13(16)19(3)8-10-6-4-5-7-11(10)14/h4-7,9H,8H2,1-3H3,(H4,15,16,17,18). The highest BCUT2D eigenvalue weighted by molar-refractivity contribution is 6.31. The van der Waals surface area contributed by atoms with Crippen molar-refractivity contribution >= 4 is 23.5 Å². The Labute approximate surface area is 119 Å². The van der Waals surface area contributed by atoms with Crippen LogP contribution in [0.25, 0.3) is 0 Å². The SMILES string of the molecule is CC(C)N=C(N)N=C(N)N(C)Cc1ccccc1Cl. The second-order valence-electron chi connectivity index (χ2n) is 4.50. The minimum absolute atomic E-state index is 0.0884. The summed E-state index contributed by atoms with van der Waals surface area (Å²) in [5.41, 5.74) is 12.5. The number of halogens is 1. The molecule has 1 aromatic rings. The lowest BCUT2D eigenvalue weighted by molar-refractivity contribution is 0.495. The summed E-state index contributed by atoms with van der Waals surface area (Å²) in [6.45, 7) is 4.40. The van der Waals surface area contributed by atoms with Crippen LogP contribution in [0.2, 0.25) is 5.02 Å². The van der Waals surface area contributed by atoms with Gasteiger partial charge in [0.1, 0.15) is 0 Å². The zero-order valence-corrected chi connectivity index (χ0v) is 12.2. The predicted molar refractivity (Wildman–Crippen MR) is 81.3 cm³/mol. The van der Waals surface area contributed by atoms with E-state index in [9.17, 15) is 0 Å². The lowest BCUT2D eigenvalue weighted by atomic mass is 10.2. The van der Waals surface area contributed by atoms with Crippen molar-refractivity contribution in [2.45, 2.75) is 26.4 Å². The number of rotatable bonds is 3. The molecule has 19 heavy (non-hydrogen) atoms. The van der Waals surface area contributed by atoms with Crippen molar-refractivity contribution in [1.82, 2.24) is 4.90 Å². The Kier molecular flexibility index (Phi) is 5.63. The van der Waals surface area contributed by atoms with Crippen LogP contribution in [0.3, 0.4) is 0 Å².